The lowest BCUT2D eigenvalue weighted by atomic mass is 9.93. The van der Waals surface area contributed by atoms with E-state index in [2.05, 4.69) is 12.0 Å². The standard InChI is InChI=1S/C14H22N4O3/c1-10-4-5-12(18(8-10)14(20)21)11-6-7-17(15-11)9-13(19)16(2)3/h6-7,10,12H,4-5,8-9H2,1-3H3,(H,20,21)/t10-,12+/m0/s1. The molecule has 1 aliphatic rings. The van der Waals surface area contributed by atoms with E-state index < -0.39 is 6.09 Å². The first-order valence-electron chi connectivity index (χ1n) is 7.11. The van der Waals surface area contributed by atoms with Crippen LogP contribution in [-0.2, 0) is 11.3 Å². The van der Waals surface area contributed by atoms with Crippen molar-refractivity contribution >= 4 is 12.0 Å². The second-order valence-electron chi connectivity index (χ2n) is 5.86. The lowest BCUT2D eigenvalue weighted by molar-refractivity contribution is -0.129. The van der Waals surface area contributed by atoms with Gasteiger partial charge in [-0.1, -0.05) is 6.92 Å². The first kappa shape index (κ1) is 15.3. The predicted molar refractivity (Wildman–Crippen MR) is 76.8 cm³/mol. The van der Waals surface area contributed by atoms with Gasteiger partial charge in [0.1, 0.15) is 6.54 Å². The minimum absolute atomic E-state index is 0.0444. The Morgan fingerprint density at radius 3 is 2.76 bits per heavy atom. The first-order valence-corrected chi connectivity index (χ1v) is 7.11. The third-order valence-corrected chi connectivity index (χ3v) is 3.86. The number of aromatic nitrogens is 2. The van der Waals surface area contributed by atoms with Gasteiger partial charge in [0.05, 0.1) is 11.7 Å². The van der Waals surface area contributed by atoms with Gasteiger partial charge in [-0.25, -0.2) is 4.79 Å². The van der Waals surface area contributed by atoms with Crippen LogP contribution in [0.5, 0.6) is 0 Å². The van der Waals surface area contributed by atoms with Gasteiger partial charge < -0.3 is 10.0 Å². The number of hydrogen-bond acceptors (Lipinski definition) is 3. The molecule has 1 aromatic rings. The Morgan fingerprint density at radius 2 is 2.14 bits per heavy atom. The number of carbonyl (C=O) groups is 2. The number of likely N-dealkylation sites (tertiary alicyclic amines) is 1. The van der Waals surface area contributed by atoms with Gasteiger partial charge >= 0.3 is 6.09 Å². The van der Waals surface area contributed by atoms with E-state index in [1.807, 2.05) is 0 Å². The quantitative estimate of drug-likeness (QED) is 0.914. The van der Waals surface area contributed by atoms with Crippen LogP contribution in [0.3, 0.4) is 0 Å². The largest absolute Gasteiger partial charge is 0.465 e. The van der Waals surface area contributed by atoms with E-state index >= 15 is 0 Å². The average Bonchev–Trinajstić information content (AvgIpc) is 2.86. The molecule has 2 amide bonds. The Labute approximate surface area is 124 Å². The molecule has 0 bridgehead atoms. The summed E-state index contributed by atoms with van der Waals surface area (Å²) in [6.45, 7) is 2.76. The van der Waals surface area contributed by atoms with Gasteiger partial charge in [-0.2, -0.15) is 5.10 Å². The van der Waals surface area contributed by atoms with Crippen molar-refractivity contribution in [1.82, 2.24) is 19.6 Å². The van der Waals surface area contributed by atoms with E-state index in [1.54, 1.807) is 31.0 Å². The lowest BCUT2D eigenvalue weighted by Gasteiger charge is -2.35. The molecule has 2 heterocycles. The molecule has 0 radical (unpaired) electrons. The van der Waals surface area contributed by atoms with Gasteiger partial charge in [-0.05, 0) is 24.8 Å². The smallest absolute Gasteiger partial charge is 0.407 e. The van der Waals surface area contributed by atoms with Gasteiger partial charge in [0.15, 0.2) is 0 Å². The van der Waals surface area contributed by atoms with Crippen LogP contribution >= 0.6 is 0 Å². The molecule has 0 aromatic carbocycles. The van der Waals surface area contributed by atoms with Crippen LogP contribution in [0.25, 0.3) is 0 Å². The zero-order chi connectivity index (χ0) is 15.6. The van der Waals surface area contributed by atoms with Crippen molar-refractivity contribution in [3.8, 4) is 0 Å². The number of hydrogen-bond donors (Lipinski definition) is 1. The molecule has 21 heavy (non-hydrogen) atoms. The maximum Gasteiger partial charge on any atom is 0.407 e. The predicted octanol–water partition coefficient (Wildman–Crippen LogP) is 1.42. The number of likely N-dealkylation sites (N-methyl/N-ethyl adjacent to an activating group) is 1. The number of rotatable bonds is 3. The number of carbonyl (C=O) groups excluding carboxylic acids is 1. The average molecular weight is 294 g/mol. The molecule has 0 spiro atoms. The highest BCUT2D eigenvalue weighted by molar-refractivity contribution is 5.75. The van der Waals surface area contributed by atoms with Crippen molar-refractivity contribution in [2.45, 2.75) is 32.4 Å². The maximum atomic E-state index is 11.7. The summed E-state index contributed by atoms with van der Waals surface area (Å²) in [5.41, 5.74) is 0.718. The summed E-state index contributed by atoms with van der Waals surface area (Å²) in [5.74, 6) is 0.326. The fourth-order valence-electron chi connectivity index (χ4n) is 2.59. The van der Waals surface area contributed by atoms with E-state index in [1.165, 1.54) is 9.80 Å². The monoisotopic (exact) mass is 294 g/mol. The number of piperidine rings is 1. The lowest BCUT2D eigenvalue weighted by Crippen LogP contribution is -2.41. The highest BCUT2D eigenvalue weighted by Gasteiger charge is 2.32. The Morgan fingerprint density at radius 1 is 1.43 bits per heavy atom. The zero-order valence-corrected chi connectivity index (χ0v) is 12.7. The minimum atomic E-state index is -0.912. The van der Waals surface area contributed by atoms with Crippen LogP contribution in [0.15, 0.2) is 12.3 Å². The molecule has 0 aliphatic carbocycles. The molecule has 1 N–H and O–H groups in total. The molecule has 0 saturated carbocycles. The van der Waals surface area contributed by atoms with E-state index in [9.17, 15) is 14.7 Å². The van der Waals surface area contributed by atoms with Crippen molar-refractivity contribution in [3.63, 3.8) is 0 Å². The van der Waals surface area contributed by atoms with Crippen molar-refractivity contribution in [2.24, 2.45) is 5.92 Å². The molecule has 7 nitrogen and oxygen atoms in total. The molecule has 2 atom stereocenters. The van der Waals surface area contributed by atoms with Crippen LogP contribution in [0.1, 0.15) is 31.5 Å². The van der Waals surface area contributed by atoms with E-state index in [-0.39, 0.29) is 18.5 Å². The second kappa shape index (κ2) is 6.15. The second-order valence-corrected chi connectivity index (χ2v) is 5.86. The summed E-state index contributed by atoms with van der Waals surface area (Å²) >= 11 is 0. The summed E-state index contributed by atoms with van der Waals surface area (Å²) in [6.07, 6.45) is 2.57. The van der Waals surface area contributed by atoms with Gasteiger partial charge in [-0.15, -0.1) is 0 Å². The maximum absolute atomic E-state index is 11.7. The topological polar surface area (TPSA) is 78.7 Å². The third-order valence-electron chi connectivity index (χ3n) is 3.86. The van der Waals surface area contributed by atoms with Gasteiger partial charge in [-0.3, -0.25) is 14.4 Å². The van der Waals surface area contributed by atoms with Crippen LogP contribution in [0.2, 0.25) is 0 Å². The van der Waals surface area contributed by atoms with Crippen molar-refractivity contribution < 1.29 is 14.7 Å². The molecule has 1 saturated heterocycles. The van der Waals surface area contributed by atoms with E-state index in [0.717, 1.165) is 18.5 Å². The zero-order valence-electron chi connectivity index (χ0n) is 12.7. The molecular weight excluding hydrogens is 272 g/mol. The third kappa shape index (κ3) is 3.53. The van der Waals surface area contributed by atoms with Crippen LogP contribution in [0, 0.1) is 5.92 Å². The molecule has 1 aliphatic heterocycles. The van der Waals surface area contributed by atoms with Gasteiger partial charge in [0.2, 0.25) is 5.91 Å². The van der Waals surface area contributed by atoms with Crippen LogP contribution < -0.4 is 0 Å². The number of amides is 2. The molecule has 0 unspecified atom stereocenters. The van der Waals surface area contributed by atoms with Gasteiger partial charge in [0, 0.05) is 26.8 Å². The van der Waals surface area contributed by atoms with Crippen molar-refractivity contribution in [3.05, 3.63) is 18.0 Å². The Balaban J connectivity index is 2.12. The number of nitrogens with zero attached hydrogens (tertiary/aromatic N) is 4. The molecule has 1 aromatic heterocycles. The summed E-state index contributed by atoms with van der Waals surface area (Å²) in [7, 11) is 3.39. The summed E-state index contributed by atoms with van der Waals surface area (Å²) in [4.78, 5) is 26.0. The SMILES string of the molecule is C[C@H]1CC[C@H](c2ccn(CC(=O)N(C)C)n2)N(C(=O)O)C1. The van der Waals surface area contributed by atoms with Crippen molar-refractivity contribution in [2.75, 3.05) is 20.6 Å². The summed E-state index contributed by atoms with van der Waals surface area (Å²) < 4.78 is 1.57. The van der Waals surface area contributed by atoms with Crippen LogP contribution in [0.4, 0.5) is 4.79 Å². The van der Waals surface area contributed by atoms with E-state index in [0.29, 0.717) is 12.5 Å². The van der Waals surface area contributed by atoms with E-state index in [4.69, 9.17) is 0 Å². The molecule has 116 valence electrons. The Bertz CT molecular complexity index is 526. The van der Waals surface area contributed by atoms with Crippen LogP contribution in [-0.4, -0.2) is 57.3 Å². The van der Waals surface area contributed by atoms with Crippen molar-refractivity contribution in [1.29, 1.82) is 0 Å². The fraction of sp³-hybridized carbons (Fsp3) is 0.643. The highest BCUT2D eigenvalue weighted by atomic mass is 16.4. The normalized spacial score (nSPS) is 22.1. The Kier molecular flexibility index (Phi) is 4.50. The summed E-state index contributed by atoms with van der Waals surface area (Å²) in [6, 6.07) is 1.59. The fourth-order valence-corrected chi connectivity index (χ4v) is 2.59. The minimum Gasteiger partial charge on any atom is -0.465 e. The number of carboxylic acid groups (broad SMARTS) is 1. The summed E-state index contributed by atoms with van der Waals surface area (Å²) in [5, 5.41) is 13.7. The Hall–Kier alpha value is -2.05. The molecule has 2 rings (SSSR count). The first-order chi connectivity index (χ1) is 9.88. The highest BCUT2D eigenvalue weighted by Crippen LogP contribution is 2.32. The van der Waals surface area contributed by atoms with Gasteiger partial charge in [0.25, 0.3) is 0 Å². The molecular formula is C14H22N4O3. The molecule has 7 heteroatoms. The molecule has 1 fully saturated rings.